The van der Waals surface area contributed by atoms with Gasteiger partial charge in [-0.15, -0.1) is 0 Å². The summed E-state index contributed by atoms with van der Waals surface area (Å²) >= 11 is 0. The van der Waals surface area contributed by atoms with Crippen LogP contribution in [-0.4, -0.2) is 53.2 Å². The van der Waals surface area contributed by atoms with Gasteiger partial charge in [0, 0.05) is 13.0 Å². The molecule has 0 aromatic heterocycles. The second-order valence-corrected chi connectivity index (χ2v) is 10.7. The number of hydrogen-bond acceptors (Lipinski definition) is 4. The van der Waals surface area contributed by atoms with Gasteiger partial charge >= 0.3 is 12.1 Å². The van der Waals surface area contributed by atoms with E-state index in [-0.39, 0.29) is 30.8 Å². The van der Waals surface area contributed by atoms with Crippen LogP contribution in [0.5, 0.6) is 0 Å². The number of carbonyl (C=O) groups is 3. The molecule has 7 heteroatoms. The first-order valence-electron chi connectivity index (χ1n) is 12.0. The number of nitrogens with zero attached hydrogens (tertiary/aromatic N) is 1. The molecule has 2 amide bonds. The predicted octanol–water partition coefficient (Wildman–Crippen LogP) is 5.04. The van der Waals surface area contributed by atoms with Crippen LogP contribution in [0, 0.1) is 5.41 Å². The number of carboxylic acid groups (broad SMARTS) is 1. The third-order valence-corrected chi connectivity index (χ3v) is 6.78. The van der Waals surface area contributed by atoms with E-state index in [1.807, 2.05) is 57.2 Å². The quantitative estimate of drug-likeness (QED) is 0.552. The number of aliphatic carboxylic acids is 1. The summed E-state index contributed by atoms with van der Waals surface area (Å²) in [4.78, 5) is 39.3. The van der Waals surface area contributed by atoms with E-state index in [0.717, 1.165) is 22.3 Å². The minimum Gasteiger partial charge on any atom is -0.480 e. The molecular weight excluding hydrogens is 444 g/mol. The Morgan fingerprint density at radius 2 is 1.51 bits per heavy atom. The van der Waals surface area contributed by atoms with Gasteiger partial charge < -0.3 is 20.1 Å². The van der Waals surface area contributed by atoms with Gasteiger partial charge in [-0.25, -0.2) is 9.59 Å². The second-order valence-electron chi connectivity index (χ2n) is 10.7. The molecule has 2 aromatic rings. The highest BCUT2D eigenvalue weighted by Crippen LogP contribution is 2.44. The Morgan fingerprint density at radius 3 is 1.97 bits per heavy atom. The second kappa shape index (κ2) is 10.1. The first-order valence-corrected chi connectivity index (χ1v) is 12.0. The minimum atomic E-state index is -1.30. The SMILES string of the molecule is CCC(C)(NC(=O)OCC1c2ccccc2-c2ccccc21)C(=O)N(C)C(CC(C)(C)C)C(=O)O. The van der Waals surface area contributed by atoms with Crippen LogP contribution in [-0.2, 0) is 14.3 Å². The Morgan fingerprint density at radius 1 is 1.00 bits per heavy atom. The van der Waals surface area contributed by atoms with Crippen molar-refractivity contribution in [2.24, 2.45) is 5.41 Å². The molecule has 0 aliphatic heterocycles. The maximum absolute atomic E-state index is 13.3. The fourth-order valence-corrected chi connectivity index (χ4v) is 4.65. The molecule has 7 nitrogen and oxygen atoms in total. The first-order chi connectivity index (χ1) is 16.4. The summed E-state index contributed by atoms with van der Waals surface area (Å²) in [6, 6.07) is 15.1. The van der Waals surface area contributed by atoms with Crippen LogP contribution in [0.1, 0.15) is 64.5 Å². The van der Waals surface area contributed by atoms with Crippen molar-refractivity contribution in [3.63, 3.8) is 0 Å². The van der Waals surface area contributed by atoms with Crippen LogP contribution >= 0.6 is 0 Å². The van der Waals surface area contributed by atoms with Gasteiger partial charge in [-0.05, 0) is 47.4 Å². The fourth-order valence-electron chi connectivity index (χ4n) is 4.65. The Labute approximate surface area is 207 Å². The number of likely N-dealkylation sites (N-methyl/N-ethyl adjacent to an activating group) is 1. The highest BCUT2D eigenvalue weighted by atomic mass is 16.5. The van der Waals surface area contributed by atoms with Crippen molar-refractivity contribution in [1.29, 1.82) is 0 Å². The number of amides is 2. The number of ether oxygens (including phenoxy) is 1. The summed E-state index contributed by atoms with van der Waals surface area (Å²) in [5.41, 5.74) is 2.87. The number of hydrogen-bond donors (Lipinski definition) is 2. The predicted molar refractivity (Wildman–Crippen MR) is 135 cm³/mol. The number of benzene rings is 2. The zero-order valence-corrected chi connectivity index (χ0v) is 21.4. The summed E-state index contributed by atoms with van der Waals surface area (Å²) < 4.78 is 5.62. The number of nitrogens with one attached hydrogen (secondary N) is 1. The molecule has 0 fully saturated rings. The molecule has 188 valence electrons. The maximum Gasteiger partial charge on any atom is 0.408 e. The molecule has 2 unspecified atom stereocenters. The lowest BCUT2D eigenvalue weighted by Gasteiger charge is -2.37. The van der Waals surface area contributed by atoms with Crippen LogP contribution < -0.4 is 5.32 Å². The molecule has 0 heterocycles. The Hall–Kier alpha value is -3.35. The van der Waals surface area contributed by atoms with Crippen molar-refractivity contribution in [2.75, 3.05) is 13.7 Å². The van der Waals surface area contributed by atoms with E-state index in [1.165, 1.54) is 11.9 Å². The number of carbonyl (C=O) groups excluding carboxylic acids is 2. The zero-order valence-electron chi connectivity index (χ0n) is 21.4. The Kier molecular flexibility index (Phi) is 7.58. The molecule has 35 heavy (non-hydrogen) atoms. The zero-order chi connectivity index (χ0) is 26.0. The average Bonchev–Trinajstić information content (AvgIpc) is 3.13. The van der Waals surface area contributed by atoms with Crippen molar-refractivity contribution in [1.82, 2.24) is 10.2 Å². The molecule has 0 bridgehead atoms. The van der Waals surface area contributed by atoms with Crippen LogP contribution in [0.25, 0.3) is 11.1 Å². The largest absolute Gasteiger partial charge is 0.480 e. The molecule has 0 radical (unpaired) electrons. The van der Waals surface area contributed by atoms with Gasteiger partial charge in [0.15, 0.2) is 0 Å². The van der Waals surface area contributed by atoms with Gasteiger partial charge in [0.2, 0.25) is 5.91 Å². The summed E-state index contributed by atoms with van der Waals surface area (Å²) in [7, 11) is 1.47. The molecule has 3 rings (SSSR count). The molecule has 2 atom stereocenters. The number of carboxylic acids is 1. The van der Waals surface area contributed by atoms with Crippen molar-refractivity contribution in [2.45, 2.75) is 65.0 Å². The molecule has 1 aliphatic carbocycles. The molecule has 0 saturated heterocycles. The monoisotopic (exact) mass is 480 g/mol. The molecule has 1 aliphatic rings. The van der Waals surface area contributed by atoms with E-state index < -0.39 is 29.6 Å². The van der Waals surface area contributed by atoms with Crippen molar-refractivity contribution in [3.8, 4) is 11.1 Å². The number of rotatable bonds is 8. The summed E-state index contributed by atoms with van der Waals surface area (Å²) in [5.74, 6) is -1.64. The van der Waals surface area contributed by atoms with Gasteiger partial charge in [0.1, 0.15) is 18.2 Å². The van der Waals surface area contributed by atoms with Crippen molar-refractivity contribution >= 4 is 18.0 Å². The smallest absolute Gasteiger partial charge is 0.408 e. The normalized spacial score (nSPS) is 15.4. The molecule has 0 saturated carbocycles. The molecule has 2 aromatic carbocycles. The standard InChI is InChI=1S/C28H36N2O5/c1-7-28(5,25(33)30(6)23(24(31)32)16-27(2,3)4)29-26(34)35-17-22-20-14-10-8-12-18(20)19-13-9-11-15-21(19)22/h8-15,22-23H,7,16-17H2,1-6H3,(H,29,34)(H,31,32). The van der Waals surface area contributed by atoms with Gasteiger partial charge in [-0.3, -0.25) is 4.79 Å². The van der Waals surface area contributed by atoms with Gasteiger partial charge in [0.05, 0.1) is 0 Å². The van der Waals surface area contributed by atoms with E-state index in [2.05, 4.69) is 17.4 Å². The van der Waals surface area contributed by atoms with Gasteiger partial charge in [0.25, 0.3) is 0 Å². The van der Waals surface area contributed by atoms with E-state index in [9.17, 15) is 19.5 Å². The lowest BCUT2D eigenvalue weighted by atomic mass is 9.86. The molecule has 2 N–H and O–H groups in total. The van der Waals surface area contributed by atoms with Gasteiger partial charge in [-0.2, -0.15) is 0 Å². The van der Waals surface area contributed by atoms with E-state index >= 15 is 0 Å². The van der Waals surface area contributed by atoms with Crippen molar-refractivity contribution < 1.29 is 24.2 Å². The van der Waals surface area contributed by atoms with E-state index in [4.69, 9.17) is 4.74 Å². The summed E-state index contributed by atoms with van der Waals surface area (Å²) in [6.45, 7) is 9.28. The molecular formula is C28H36N2O5. The van der Waals surface area contributed by atoms with Crippen LogP contribution in [0.4, 0.5) is 4.79 Å². The third-order valence-electron chi connectivity index (χ3n) is 6.78. The lowest BCUT2D eigenvalue weighted by molar-refractivity contribution is -0.152. The Bertz CT molecular complexity index is 1060. The topological polar surface area (TPSA) is 95.9 Å². The first kappa shape index (κ1) is 26.3. The maximum atomic E-state index is 13.3. The summed E-state index contributed by atoms with van der Waals surface area (Å²) in [5, 5.41) is 12.4. The number of alkyl carbamates (subject to hydrolysis) is 1. The van der Waals surface area contributed by atoms with Crippen molar-refractivity contribution in [3.05, 3.63) is 59.7 Å². The number of fused-ring (bicyclic) bond motifs is 3. The van der Waals surface area contributed by atoms with Crippen LogP contribution in [0.15, 0.2) is 48.5 Å². The minimum absolute atomic E-state index is 0.0948. The fraction of sp³-hybridized carbons (Fsp3) is 0.464. The van der Waals surface area contributed by atoms with Gasteiger partial charge in [-0.1, -0.05) is 76.2 Å². The lowest BCUT2D eigenvalue weighted by Crippen LogP contribution is -2.60. The molecule has 0 spiro atoms. The van der Waals surface area contributed by atoms with E-state index in [1.54, 1.807) is 13.8 Å². The van der Waals surface area contributed by atoms with E-state index in [0.29, 0.717) is 0 Å². The average molecular weight is 481 g/mol. The van der Waals surface area contributed by atoms with Crippen LogP contribution in [0.2, 0.25) is 0 Å². The third kappa shape index (κ3) is 5.66. The highest BCUT2D eigenvalue weighted by molar-refractivity contribution is 5.92. The summed E-state index contributed by atoms with van der Waals surface area (Å²) in [6.07, 6.45) is -0.141. The van der Waals surface area contributed by atoms with Crippen LogP contribution in [0.3, 0.4) is 0 Å². The highest BCUT2D eigenvalue weighted by Gasteiger charge is 2.41. The Balaban J connectivity index is 1.71.